The third kappa shape index (κ3) is 5.76. The normalized spacial score (nSPS) is 10.8. The molecule has 0 spiro atoms. The second-order valence-corrected chi connectivity index (χ2v) is 6.54. The molecule has 106 valence electrons. The van der Waals surface area contributed by atoms with Crippen LogP contribution in [0.25, 0.3) is 0 Å². The standard InChI is InChI=1S/C14H21ClN2OS/c1-5-17(8-11(2)3)14(18)10-16(4)9-12-6-7-13(15)19-12/h6-7H,2,5,8-10H2,1,3-4H3. The van der Waals surface area contributed by atoms with Gasteiger partial charge < -0.3 is 4.90 Å². The Labute approximate surface area is 124 Å². The highest BCUT2D eigenvalue weighted by molar-refractivity contribution is 7.16. The zero-order valence-electron chi connectivity index (χ0n) is 11.8. The van der Waals surface area contributed by atoms with Crippen molar-refractivity contribution in [3.05, 3.63) is 33.5 Å². The van der Waals surface area contributed by atoms with Crippen LogP contribution < -0.4 is 0 Å². The molecular formula is C14H21ClN2OS. The molecule has 1 aromatic rings. The highest BCUT2D eigenvalue weighted by atomic mass is 35.5. The van der Waals surface area contributed by atoms with Gasteiger partial charge in [0.25, 0.3) is 0 Å². The maximum Gasteiger partial charge on any atom is 0.237 e. The number of hydrogen-bond acceptors (Lipinski definition) is 3. The molecule has 0 fully saturated rings. The predicted octanol–water partition coefficient (Wildman–Crippen LogP) is 3.26. The van der Waals surface area contributed by atoms with Crippen molar-refractivity contribution in [2.45, 2.75) is 20.4 Å². The number of hydrogen-bond donors (Lipinski definition) is 0. The highest BCUT2D eigenvalue weighted by Crippen LogP contribution is 2.22. The van der Waals surface area contributed by atoms with E-state index < -0.39 is 0 Å². The van der Waals surface area contributed by atoms with E-state index in [9.17, 15) is 4.79 Å². The minimum Gasteiger partial charge on any atom is -0.338 e. The van der Waals surface area contributed by atoms with Gasteiger partial charge in [-0.1, -0.05) is 23.8 Å². The third-order valence-electron chi connectivity index (χ3n) is 2.65. The van der Waals surface area contributed by atoms with Gasteiger partial charge in [-0.2, -0.15) is 0 Å². The molecule has 0 N–H and O–H groups in total. The first kappa shape index (κ1) is 16.2. The number of amides is 1. The number of thiophene rings is 1. The van der Waals surface area contributed by atoms with E-state index in [0.717, 1.165) is 16.5 Å². The molecule has 3 nitrogen and oxygen atoms in total. The fraction of sp³-hybridized carbons (Fsp3) is 0.500. The van der Waals surface area contributed by atoms with Crippen molar-refractivity contribution in [3.8, 4) is 0 Å². The van der Waals surface area contributed by atoms with E-state index in [1.54, 1.807) is 11.3 Å². The minimum atomic E-state index is 0.135. The van der Waals surface area contributed by atoms with E-state index in [1.807, 2.05) is 42.8 Å². The highest BCUT2D eigenvalue weighted by Gasteiger charge is 2.14. The summed E-state index contributed by atoms with van der Waals surface area (Å²) in [6.07, 6.45) is 0. The molecule has 5 heteroatoms. The van der Waals surface area contributed by atoms with Gasteiger partial charge in [0.05, 0.1) is 10.9 Å². The smallest absolute Gasteiger partial charge is 0.237 e. The zero-order valence-corrected chi connectivity index (χ0v) is 13.4. The molecule has 1 aromatic heterocycles. The fourth-order valence-electron chi connectivity index (χ4n) is 1.79. The summed E-state index contributed by atoms with van der Waals surface area (Å²) < 4.78 is 0.784. The van der Waals surface area contributed by atoms with Crippen molar-refractivity contribution in [1.82, 2.24) is 9.80 Å². The van der Waals surface area contributed by atoms with E-state index in [2.05, 4.69) is 6.58 Å². The molecular weight excluding hydrogens is 280 g/mol. The fourth-order valence-corrected chi connectivity index (χ4v) is 2.96. The Morgan fingerprint density at radius 1 is 1.42 bits per heavy atom. The molecule has 0 atom stereocenters. The Bertz CT molecular complexity index is 444. The Balaban J connectivity index is 2.48. The van der Waals surface area contributed by atoms with Crippen LogP contribution in [0, 0.1) is 0 Å². The predicted molar refractivity (Wildman–Crippen MR) is 82.7 cm³/mol. The van der Waals surface area contributed by atoms with Gasteiger partial charge in [-0.05, 0) is 33.0 Å². The van der Waals surface area contributed by atoms with Gasteiger partial charge in [0.15, 0.2) is 0 Å². The largest absolute Gasteiger partial charge is 0.338 e. The van der Waals surface area contributed by atoms with Crippen LogP contribution in [0.2, 0.25) is 4.34 Å². The summed E-state index contributed by atoms with van der Waals surface area (Å²) in [6.45, 7) is 10.3. The van der Waals surface area contributed by atoms with E-state index in [4.69, 9.17) is 11.6 Å². The lowest BCUT2D eigenvalue weighted by Gasteiger charge is -2.24. The first-order chi connectivity index (χ1) is 8.92. The maximum atomic E-state index is 12.1. The van der Waals surface area contributed by atoms with Crippen molar-refractivity contribution in [2.24, 2.45) is 0 Å². The summed E-state index contributed by atoms with van der Waals surface area (Å²) in [6, 6.07) is 3.89. The lowest BCUT2D eigenvalue weighted by atomic mass is 10.3. The lowest BCUT2D eigenvalue weighted by Crippen LogP contribution is -2.39. The van der Waals surface area contributed by atoms with Crippen LogP contribution in [0.1, 0.15) is 18.7 Å². The van der Waals surface area contributed by atoms with Gasteiger partial charge in [-0.15, -0.1) is 11.3 Å². The SMILES string of the molecule is C=C(C)CN(CC)C(=O)CN(C)Cc1ccc(Cl)s1. The molecule has 0 aromatic carbocycles. The number of halogens is 1. The first-order valence-electron chi connectivity index (χ1n) is 6.27. The van der Waals surface area contributed by atoms with E-state index in [1.165, 1.54) is 4.88 Å². The second kappa shape index (κ2) is 7.68. The summed E-state index contributed by atoms with van der Waals surface area (Å²) in [4.78, 5) is 17.1. The van der Waals surface area contributed by atoms with E-state index >= 15 is 0 Å². The molecule has 0 aliphatic heterocycles. The topological polar surface area (TPSA) is 23.6 Å². The Kier molecular flexibility index (Phi) is 6.55. The third-order valence-corrected chi connectivity index (χ3v) is 3.87. The average molecular weight is 301 g/mol. The van der Waals surface area contributed by atoms with Gasteiger partial charge in [0, 0.05) is 24.5 Å². The summed E-state index contributed by atoms with van der Waals surface area (Å²) >= 11 is 7.45. The number of rotatable bonds is 7. The molecule has 0 aliphatic carbocycles. The van der Waals surface area contributed by atoms with Crippen molar-refractivity contribution in [2.75, 3.05) is 26.7 Å². The molecule has 0 aliphatic rings. The van der Waals surface area contributed by atoms with Crippen LogP contribution in [0.15, 0.2) is 24.3 Å². The number of carbonyl (C=O) groups excluding carboxylic acids is 1. The molecule has 1 heterocycles. The Hall–Kier alpha value is -0.840. The van der Waals surface area contributed by atoms with Crippen LogP contribution in [0.5, 0.6) is 0 Å². The van der Waals surface area contributed by atoms with E-state index in [0.29, 0.717) is 19.6 Å². The average Bonchev–Trinajstić information content (AvgIpc) is 2.70. The molecule has 19 heavy (non-hydrogen) atoms. The summed E-state index contributed by atoms with van der Waals surface area (Å²) in [5.74, 6) is 0.135. The number of likely N-dealkylation sites (N-methyl/N-ethyl adjacent to an activating group) is 2. The summed E-state index contributed by atoms with van der Waals surface area (Å²) in [7, 11) is 1.94. The van der Waals surface area contributed by atoms with Crippen LogP contribution >= 0.6 is 22.9 Å². The molecule has 0 bridgehead atoms. The van der Waals surface area contributed by atoms with Gasteiger partial charge in [0.1, 0.15) is 0 Å². The van der Waals surface area contributed by atoms with Gasteiger partial charge >= 0.3 is 0 Å². The maximum absolute atomic E-state index is 12.1. The number of nitrogens with zero attached hydrogens (tertiary/aromatic N) is 2. The Morgan fingerprint density at radius 3 is 2.58 bits per heavy atom. The van der Waals surface area contributed by atoms with Gasteiger partial charge in [0.2, 0.25) is 5.91 Å². The quantitative estimate of drug-likeness (QED) is 0.722. The van der Waals surface area contributed by atoms with Crippen LogP contribution in [0.3, 0.4) is 0 Å². The van der Waals surface area contributed by atoms with Gasteiger partial charge in [-0.25, -0.2) is 0 Å². The molecule has 0 unspecified atom stereocenters. The van der Waals surface area contributed by atoms with Crippen molar-refractivity contribution in [3.63, 3.8) is 0 Å². The molecule has 1 rings (SSSR count). The molecule has 0 saturated heterocycles. The zero-order chi connectivity index (χ0) is 14.4. The van der Waals surface area contributed by atoms with Crippen LogP contribution in [-0.2, 0) is 11.3 Å². The summed E-state index contributed by atoms with van der Waals surface area (Å²) in [5.41, 5.74) is 1.00. The Morgan fingerprint density at radius 2 is 2.11 bits per heavy atom. The minimum absolute atomic E-state index is 0.135. The second-order valence-electron chi connectivity index (χ2n) is 4.74. The monoisotopic (exact) mass is 300 g/mol. The lowest BCUT2D eigenvalue weighted by molar-refractivity contribution is -0.131. The van der Waals surface area contributed by atoms with Crippen molar-refractivity contribution >= 4 is 28.8 Å². The molecule has 0 saturated carbocycles. The number of carbonyl (C=O) groups is 1. The molecule has 1 amide bonds. The van der Waals surface area contributed by atoms with Crippen LogP contribution in [0.4, 0.5) is 0 Å². The molecule has 0 radical (unpaired) electrons. The van der Waals surface area contributed by atoms with E-state index in [-0.39, 0.29) is 5.91 Å². The summed E-state index contributed by atoms with van der Waals surface area (Å²) in [5, 5.41) is 0. The van der Waals surface area contributed by atoms with Gasteiger partial charge in [-0.3, -0.25) is 9.69 Å². The first-order valence-corrected chi connectivity index (χ1v) is 7.46. The van der Waals surface area contributed by atoms with Crippen molar-refractivity contribution in [1.29, 1.82) is 0 Å². The van der Waals surface area contributed by atoms with Crippen molar-refractivity contribution < 1.29 is 4.79 Å². The van der Waals surface area contributed by atoms with Crippen LogP contribution in [-0.4, -0.2) is 42.4 Å².